The smallest absolute Gasteiger partial charge is 0.335 e. The Hall–Kier alpha value is -3.42. The lowest BCUT2D eigenvalue weighted by Crippen LogP contribution is -2.27. The van der Waals surface area contributed by atoms with Crippen LogP contribution >= 0.6 is 0 Å². The molecule has 1 amide bonds. The Morgan fingerprint density at radius 1 is 1.30 bits per heavy atom. The number of ether oxygens (including phenoxy) is 1. The van der Waals surface area contributed by atoms with Crippen LogP contribution in [0.3, 0.4) is 0 Å². The van der Waals surface area contributed by atoms with E-state index in [-0.39, 0.29) is 23.1 Å². The highest BCUT2D eigenvalue weighted by atomic mass is 16.6. The number of rotatable bonds is 5. The van der Waals surface area contributed by atoms with Crippen molar-refractivity contribution < 1.29 is 24.4 Å². The van der Waals surface area contributed by atoms with E-state index in [0.29, 0.717) is 24.4 Å². The number of carbonyl (C=O) groups excluding carboxylic acids is 1. The number of carbonyl (C=O) groups is 2. The predicted octanol–water partition coefficient (Wildman–Crippen LogP) is 2.99. The highest BCUT2D eigenvalue weighted by Crippen LogP contribution is 2.41. The van der Waals surface area contributed by atoms with Crippen molar-refractivity contribution in [3.05, 3.63) is 63.2 Å². The van der Waals surface area contributed by atoms with Gasteiger partial charge in [-0.3, -0.25) is 14.9 Å². The lowest BCUT2D eigenvalue weighted by Gasteiger charge is -2.16. The number of methoxy groups -OCH3 is 1. The van der Waals surface area contributed by atoms with Crippen LogP contribution in [0.15, 0.2) is 36.4 Å². The van der Waals surface area contributed by atoms with E-state index in [0.717, 1.165) is 11.1 Å². The van der Waals surface area contributed by atoms with Gasteiger partial charge >= 0.3 is 5.97 Å². The topological polar surface area (TPSA) is 110 Å². The maximum atomic E-state index is 12.0. The van der Waals surface area contributed by atoms with Crippen molar-refractivity contribution in [3.8, 4) is 5.75 Å². The van der Waals surface area contributed by atoms with Crippen LogP contribution in [-0.4, -0.2) is 35.6 Å². The number of non-ortho nitro benzene ring substituents is 1. The Morgan fingerprint density at radius 2 is 2.04 bits per heavy atom. The second-order valence-corrected chi connectivity index (χ2v) is 6.36. The molecule has 8 nitrogen and oxygen atoms in total. The maximum Gasteiger partial charge on any atom is 0.335 e. The number of anilines is 1. The molecule has 0 bridgehead atoms. The van der Waals surface area contributed by atoms with Crippen LogP contribution in [0.25, 0.3) is 0 Å². The monoisotopic (exact) mass is 370 g/mol. The molecule has 2 aromatic carbocycles. The van der Waals surface area contributed by atoms with Gasteiger partial charge in [0.1, 0.15) is 5.75 Å². The molecular formula is C19H18N2O6. The number of aromatic carboxylic acids is 1. The average Bonchev–Trinajstić information content (AvgIpc) is 3.00. The first-order valence-electron chi connectivity index (χ1n) is 8.28. The van der Waals surface area contributed by atoms with Crippen LogP contribution in [0.1, 0.15) is 34.3 Å². The Morgan fingerprint density at radius 3 is 2.63 bits per heavy atom. The second kappa shape index (κ2) is 7.06. The third kappa shape index (κ3) is 3.46. The number of hydrogen-bond acceptors (Lipinski definition) is 5. The summed E-state index contributed by atoms with van der Waals surface area (Å²) in [5.74, 6) is -0.915. The molecule has 1 aliphatic rings. The molecule has 0 radical (unpaired) electrons. The number of nitrogens with zero attached hydrogens (tertiary/aromatic N) is 2. The van der Waals surface area contributed by atoms with Gasteiger partial charge in [-0.15, -0.1) is 0 Å². The van der Waals surface area contributed by atoms with Crippen molar-refractivity contribution >= 4 is 23.3 Å². The second-order valence-electron chi connectivity index (χ2n) is 6.36. The summed E-state index contributed by atoms with van der Waals surface area (Å²) in [6.07, 6.45) is 0.459. The van der Waals surface area contributed by atoms with E-state index in [1.54, 1.807) is 17.0 Å². The van der Waals surface area contributed by atoms with Gasteiger partial charge in [-0.05, 0) is 35.7 Å². The minimum absolute atomic E-state index is 0.0302. The molecule has 3 rings (SSSR count). The summed E-state index contributed by atoms with van der Waals surface area (Å²) in [5.41, 5.74) is 2.25. The van der Waals surface area contributed by atoms with Crippen molar-refractivity contribution in [2.24, 2.45) is 0 Å². The number of benzene rings is 2. The molecule has 8 heteroatoms. The number of amides is 1. The largest absolute Gasteiger partial charge is 0.496 e. The summed E-state index contributed by atoms with van der Waals surface area (Å²) >= 11 is 0. The van der Waals surface area contributed by atoms with E-state index < -0.39 is 10.9 Å². The number of nitro benzene ring substituents is 1. The van der Waals surface area contributed by atoms with Crippen LogP contribution in [-0.2, 0) is 11.2 Å². The van der Waals surface area contributed by atoms with Gasteiger partial charge in [0.15, 0.2) is 0 Å². The van der Waals surface area contributed by atoms with Gasteiger partial charge in [0.25, 0.3) is 5.69 Å². The summed E-state index contributed by atoms with van der Waals surface area (Å²) in [5, 5.41) is 20.3. The van der Waals surface area contributed by atoms with Gasteiger partial charge in [-0.25, -0.2) is 4.79 Å². The first-order chi connectivity index (χ1) is 12.8. The van der Waals surface area contributed by atoms with E-state index in [1.807, 2.05) is 0 Å². The standard InChI is InChI=1S/C19H18N2O6/c1-11(22)20-10-14(16-9-15(21(25)26)5-6-17(16)20)7-12-3-4-13(19(23)24)8-18(12)27-2/h3-6,8-9,14H,7,10H2,1-2H3,(H,23,24). The summed E-state index contributed by atoms with van der Waals surface area (Å²) < 4.78 is 5.32. The molecule has 0 aliphatic carbocycles. The molecule has 1 unspecified atom stereocenters. The maximum absolute atomic E-state index is 12.0. The highest BCUT2D eigenvalue weighted by Gasteiger charge is 2.33. The van der Waals surface area contributed by atoms with Gasteiger partial charge in [0.2, 0.25) is 5.91 Å². The number of hydrogen-bond donors (Lipinski definition) is 1. The first-order valence-corrected chi connectivity index (χ1v) is 8.28. The minimum atomic E-state index is -1.05. The van der Waals surface area contributed by atoms with E-state index in [9.17, 15) is 19.7 Å². The van der Waals surface area contributed by atoms with Crippen molar-refractivity contribution in [2.45, 2.75) is 19.3 Å². The molecule has 1 atom stereocenters. The van der Waals surface area contributed by atoms with Gasteiger partial charge in [0, 0.05) is 37.2 Å². The lowest BCUT2D eigenvalue weighted by molar-refractivity contribution is -0.384. The summed E-state index contributed by atoms with van der Waals surface area (Å²) in [4.78, 5) is 35.4. The molecule has 0 fully saturated rings. The molecule has 1 aliphatic heterocycles. The van der Waals surface area contributed by atoms with Crippen LogP contribution in [0.5, 0.6) is 5.75 Å². The van der Waals surface area contributed by atoms with E-state index in [4.69, 9.17) is 9.84 Å². The molecule has 140 valence electrons. The number of fused-ring (bicyclic) bond motifs is 1. The zero-order valence-corrected chi connectivity index (χ0v) is 14.8. The zero-order chi connectivity index (χ0) is 19.7. The van der Waals surface area contributed by atoms with E-state index >= 15 is 0 Å². The number of nitro groups is 1. The molecule has 0 aromatic heterocycles. The lowest BCUT2D eigenvalue weighted by atomic mass is 9.92. The van der Waals surface area contributed by atoms with Crippen molar-refractivity contribution in [3.63, 3.8) is 0 Å². The quantitative estimate of drug-likeness (QED) is 0.640. The average molecular weight is 370 g/mol. The highest BCUT2D eigenvalue weighted by molar-refractivity contribution is 5.94. The van der Waals surface area contributed by atoms with Crippen LogP contribution < -0.4 is 9.64 Å². The predicted molar refractivity (Wildman–Crippen MR) is 97.5 cm³/mol. The summed E-state index contributed by atoms with van der Waals surface area (Å²) in [7, 11) is 1.46. The SMILES string of the molecule is COc1cc(C(=O)O)ccc1CC1CN(C(C)=O)c2ccc([N+](=O)[O-])cc21. The molecular weight excluding hydrogens is 352 g/mol. The molecule has 2 aromatic rings. The molecule has 1 heterocycles. The fourth-order valence-corrected chi connectivity index (χ4v) is 3.43. The van der Waals surface area contributed by atoms with E-state index in [1.165, 1.54) is 38.3 Å². The molecule has 27 heavy (non-hydrogen) atoms. The summed E-state index contributed by atoms with van der Waals surface area (Å²) in [6, 6.07) is 9.10. The Bertz CT molecular complexity index is 940. The van der Waals surface area contributed by atoms with Crippen LogP contribution in [0.4, 0.5) is 11.4 Å². The van der Waals surface area contributed by atoms with Crippen molar-refractivity contribution in [1.82, 2.24) is 0 Å². The normalized spacial score (nSPS) is 15.3. The third-order valence-electron chi connectivity index (χ3n) is 4.74. The first kappa shape index (κ1) is 18.4. The van der Waals surface area contributed by atoms with Gasteiger partial charge in [-0.2, -0.15) is 0 Å². The zero-order valence-electron chi connectivity index (χ0n) is 14.8. The minimum Gasteiger partial charge on any atom is -0.496 e. The van der Waals surface area contributed by atoms with Gasteiger partial charge < -0.3 is 14.7 Å². The molecule has 0 saturated carbocycles. The number of carboxylic acid groups (broad SMARTS) is 1. The fourth-order valence-electron chi connectivity index (χ4n) is 3.43. The van der Waals surface area contributed by atoms with Gasteiger partial charge in [0.05, 0.1) is 17.6 Å². The van der Waals surface area contributed by atoms with Gasteiger partial charge in [-0.1, -0.05) is 6.07 Å². The molecule has 0 spiro atoms. The van der Waals surface area contributed by atoms with E-state index in [2.05, 4.69) is 0 Å². The molecule has 0 saturated heterocycles. The Balaban J connectivity index is 1.99. The Labute approximate surface area is 155 Å². The third-order valence-corrected chi connectivity index (χ3v) is 4.74. The Kier molecular flexibility index (Phi) is 4.81. The fraction of sp³-hybridized carbons (Fsp3) is 0.263. The number of carboxylic acids is 1. The molecule has 1 N–H and O–H groups in total. The van der Waals surface area contributed by atoms with Crippen molar-refractivity contribution in [2.75, 3.05) is 18.6 Å². The van der Waals surface area contributed by atoms with Crippen LogP contribution in [0.2, 0.25) is 0 Å². The summed E-state index contributed by atoms with van der Waals surface area (Å²) in [6.45, 7) is 1.85. The van der Waals surface area contributed by atoms with Crippen LogP contribution in [0, 0.1) is 10.1 Å². The van der Waals surface area contributed by atoms with Crippen molar-refractivity contribution in [1.29, 1.82) is 0 Å².